The van der Waals surface area contributed by atoms with Gasteiger partial charge >= 0.3 is 12.3 Å². The van der Waals surface area contributed by atoms with E-state index in [-0.39, 0.29) is 6.54 Å². The molecule has 0 fully saturated rings. The van der Waals surface area contributed by atoms with Crippen molar-refractivity contribution in [2.75, 3.05) is 0 Å². The Hall–Kier alpha value is -1.83. The molecule has 0 aliphatic heterocycles. The Morgan fingerprint density at radius 1 is 1.30 bits per heavy atom. The van der Waals surface area contributed by atoms with Crippen LogP contribution in [0, 0.1) is 0 Å². The third kappa shape index (κ3) is 5.87. The Morgan fingerprint density at radius 3 is 2.40 bits per heavy atom. The molecule has 2 N–H and O–H groups in total. The van der Waals surface area contributed by atoms with Crippen LogP contribution in [0.15, 0.2) is 18.3 Å². The summed E-state index contributed by atoms with van der Waals surface area (Å²) in [5.41, 5.74) is 3.72. The van der Waals surface area contributed by atoms with Crippen LogP contribution in [0.3, 0.4) is 0 Å². The van der Waals surface area contributed by atoms with Crippen molar-refractivity contribution < 1.29 is 22.7 Å². The molecule has 1 rings (SSSR count). The van der Waals surface area contributed by atoms with Gasteiger partial charge in [-0.15, -0.1) is 0 Å². The molecule has 1 heterocycles. The first-order valence-electron chi connectivity index (χ1n) is 5.82. The molecule has 0 aliphatic carbocycles. The first kappa shape index (κ1) is 16.2. The number of nitrogens with zero attached hydrogens (tertiary/aromatic N) is 1. The topological polar surface area (TPSA) is 63.2 Å². The van der Waals surface area contributed by atoms with Gasteiger partial charge in [-0.25, -0.2) is 10.2 Å². The van der Waals surface area contributed by atoms with E-state index in [0.29, 0.717) is 5.56 Å². The van der Waals surface area contributed by atoms with E-state index < -0.39 is 23.6 Å². The maximum atomic E-state index is 12.3. The second kappa shape index (κ2) is 6.08. The summed E-state index contributed by atoms with van der Waals surface area (Å²) in [7, 11) is 0. The Kier molecular flexibility index (Phi) is 4.93. The van der Waals surface area contributed by atoms with Gasteiger partial charge in [-0.05, 0) is 32.4 Å². The molecule has 1 aromatic heterocycles. The number of hydrogen-bond donors (Lipinski definition) is 2. The van der Waals surface area contributed by atoms with Gasteiger partial charge in [-0.2, -0.15) is 13.2 Å². The van der Waals surface area contributed by atoms with Crippen molar-refractivity contribution in [2.24, 2.45) is 0 Å². The van der Waals surface area contributed by atoms with E-state index in [1.807, 2.05) is 0 Å². The third-order valence-electron chi connectivity index (χ3n) is 2.00. The molecule has 5 nitrogen and oxygen atoms in total. The molecule has 0 saturated carbocycles. The van der Waals surface area contributed by atoms with Gasteiger partial charge in [0.2, 0.25) is 0 Å². The molecule has 8 heteroatoms. The van der Waals surface area contributed by atoms with Crippen LogP contribution in [0.2, 0.25) is 0 Å². The van der Waals surface area contributed by atoms with Crippen molar-refractivity contribution in [3.8, 4) is 0 Å². The summed E-state index contributed by atoms with van der Waals surface area (Å²) < 4.78 is 41.8. The molecule has 0 radical (unpaired) electrons. The number of carbonyl (C=O) groups excluding carboxylic acids is 1. The van der Waals surface area contributed by atoms with Crippen LogP contribution in [0.1, 0.15) is 32.0 Å². The summed E-state index contributed by atoms with van der Waals surface area (Å²) in [5.74, 6) is 0. The molecule has 0 unspecified atom stereocenters. The summed E-state index contributed by atoms with van der Waals surface area (Å²) >= 11 is 0. The van der Waals surface area contributed by atoms with Crippen molar-refractivity contribution in [1.29, 1.82) is 0 Å². The van der Waals surface area contributed by atoms with E-state index in [1.165, 1.54) is 6.07 Å². The molecule has 112 valence electrons. The zero-order valence-electron chi connectivity index (χ0n) is 11.3. The molecule has 1 aromatic rings. The second-order valence-corrected chi connectivity index (χ2v) is 5.03. The summed E-state index contributed by atoms with van der Waals surface area (Å²) in [4.78, 5) is 14.6. The first-order valence-corrected chi connectivity index (χ1v) is 5.82. The van der Waals surface area contributed by atoms with Gasteiger partial charge in [0.1, 0.15) is 11.3 Å². The number of nitrogens with one attached hydrogen (secondary N) is 2. The SMILES string of the molecule is CC(C)(C)OC(=O)NNCc1ccc(C(F)(F)F)nc1. The zero-order valence-corrected chi connectivity index (χ0v) is 11.3. The number of halogens is 3. The van der Waals surface area contributed by atoms with Crippen LogP contribution in [0.4, 0.5) is 18.0 Å². The van der Waals surface area contributed by atoms with Crippen LogP contribution in [-0.4, -0.2) is 16.7 Å². The Morgan fingerprint density at radius 2 is 1.95 bits per heavy atom. The highest BCUT2D eigenvalue weighted by molar-refractivity contribution is 5.66. The van der Waals surface area contributed by atoms with Gasteiger partial charge in [0.25, 0.3) is 0 Å². The normalized spacial score (nSPS) is 12.1. The molecule has 0 aliphatic rings. The van der Waals surface area contributed by atoms with E-state index >= 15 is 0 Å². The molecule has 1 amide bonds. The minimum Gasteiger partial charge on any atom is -0.443 e. The molecule has 0 bridgehead atoms. The predicted molar refractivity (Wildman–Crippen MR) is 65.4 cm³/mol. The number of rotatable bonds is 3. The zero-order chi connectivity index (χ0) is 15.4. The summed E-state index contributed by atoms with van der Waals surface area (Å²) in [5, 5.41) is 0. The van der Waals surface area contributed by atoms with E-state index in [2.05, 4.69) is 15.8 Å². The fraction of sp³-hybridized carbons (Fsp3) is 0.500. The average molecular weight is 291 g/mol. The predicted octanol–water partition coefficient (Wildman–Crippen LogP) is 2.63. The summed E-state index contributed by atoms with van der Waals surface area (Å²) in [6, 6.07) is 2.16. The number of alkyl halides is 3. The Labute approximate surface area is 114 Å². The maximum absolute atomic E-state index is 12.3. The van der Waals surface area contributed by atoms with E-state index in [0.717, 1.165) is 12.3 Å². The number of carbonyl (C=O) groups is 1. The molecular weight excluding hydrogens is 275 g/mol. The Balaban J connectivity index is 2.42. The molecule has 0 saturated heterocycles. The molecule has 0 spiro atoms. The van der Waals surface area contributed by atoms with Gasteiger partial charge in [0, 0.05) is 12.7 Å². The number of hydrazine groups is 1. The first-order chi connectivity index (χ1) is 9.08. The smallest absolute Gasteiger partial charge is 0.433 e. The fourth-order valence-electron chi connectivity index (χ4n) is 1.22. The summed E-state index contributed by atoms with van der Waals surface area (Å²) in [6.45, 7) is 5.27. The minimum atomic E-state index is -4.46. The lowest BCUT2D eigenvalue weighted by Crippen LogP contribution is -2.40. The van der Waals surface area contributed by atoms with Crippen molar-refractivity contribution >= 4 is 6.09 Å². The van der Waals surface area contributed by atoms with Crippen molar-refractivity contribution in [3.05, 3.63) is 29.6 Å². The van der Waals surface area contributed by atoms with Gasteiger partial charge in [-0.3, -0.25) is 10.4 Å². The standard InChI is InChI=1S/C12H16F3N3O2/c1-11(2,3)20-10(19)18-17-7-8-4-5-9(16-6-8)12(13,14)15/h4-6,17H,7H2,1-3H3,(H,18,19). The quantitative estimate of drug-likeness (QED) is 0.840. The second-order valence-electron chi connectivity index (χ2n) is 5.03. The number of amides is 1. The van der Waals surface area contributed by atoms with Gasteiger partial charge < -0.3 is 4.74 Å². The average Bonchev–Trinajstić information content (AvgIpc) is 2.26. The number of pyridine rings is 1. The van der Waals surface area contributed by atoms with Crippen LogP contribution in [0.5, 0.6) is 0 Å². The number of aromatic nitrogens is 1. The van der Waals surface area contributed by atoms with Crippen molar-refractivity contribution in [3.63, 3.8) is 0 Å². The lowest BCUT2D eigenvalue weighted by atomic mass is 10.2. The lowest BCUT2D eigenvalue weighted by molar-refractivity contribution is -0.141. The van der Waals surface area contributed by atoms with Crippen LogP contribution < -0.4 is 10.9 Å². The van der Waals surface area contributed by atoms with Crippen molar-refractivity contribution in [1.82, 2.24) is 15.8 Å². The molecular formula is C12H16F3N3O2. The summed E-state index contributed by atoms with van der Waals surface area (Å²) in [6.07, 6.45) is -4.04. The largest absolute Gasteiger partial charge is 0.443 e. The minimum absolute atomic E-state index is 0.129. The van der Waals surface area contributed by atoms with E-state index in [1.54, 1.807) is 20.8 Å². The highest BCUT2D eigenvalue weighted by Gasteiger charge is 2.31. The maximum Gasteiger partial charge on any atom is 0.433 e. The third-order valence-corrected chi connectivity index (χ3v) is 2.00. The van der Waals surface area contributed by atoms with Gasteiger partial charge in [0.05, 0.1) is 0 Å². The van der Waals surface area contributed by atoms with Crippen LogP contribution >= 0.6 is 0 Å². The lowest BCUT2D eigenvalue weighted by Gasteiger charge is -2.19. The van der Waals surface area contributed by atoms with Crippen LogP contribution in [-0.2, 0) is 17.5 Å². The van der Waals surface area contributed by atoms with Gasteiger partial charge in [0.15, 0.2) is 0 Å². The van der Waals surface area contributed by atoms with Gasteiger partial charge in [-0.1, -0.05) is 6.07 Å². The van der Waals surface area contributed by atoms with Crippen LogP contribution in [0.25, 0.3) is 0 Å². The monoisotopic (exact) mass is 291 g/mol. The highest BCUT2D eigenvalue weighted by Crippen LogP contribution is 2.27. The molecule has 20 heavy (non-hydrogen) atoms. The highest BCUT2D eigenvalue weighted by atomic mass is 19.4. The van der Waals surface area contributed by atoms with Crippen molar-refractivity contribution in [2.45, 2.75) is 39.1 Å². The van der Waals surface area contributed by atoms with E-state index in [9.17, 15) is 18.0 Å². The molecule has 0 atom stereocenters. The number of ether oxygens (including phenoxy) is 1. The fourth-order valence-corrected chi connectivity index (χ4v) is 1.22. The Bertz CT molecular complexity index is 453. The molecule has 0 aromatic carbocycles. The number of hydrogen-bond acceptors (Lipinski definition) is 4. The van der Waals surface area contributed by atoms with E-state index in [4.69, 9.17) is 4.74 Å².